The van der Waals surface area contributed by atoms with Gasteiger partial charge in [-0.2, -0.15) is 0 Å². The molecule has 0 atom stereocenters. The van der Waals surface area contributed by atoms with Crippen LogP contribution in [0, 0.1) is 26.2 Å². The van der Waals surface area contributed by atoms with Gasteiger partial charge < -0.3 is 5.32 Å². The summed E-state index contributed by atoms with van der Waals surface area (Å²) < 4.78 is 0. The van der Waals surface area contributed by atoms with Gasteiger partial charge in [0.1, 0.15) is 0 Å². The Hall–Kier alpha value is -1.13. The molecule has 0 aliphatic heterocycles. The lowest BCUT2D eigenvalue weighted by atomic mass is 10.1. The van der Waals surface area contributed by atoms with Crippen molar-refractivity contribution >= 4 is 17.3 Å². The molecule has 0 amide bonds. The Kier molecular flexibility index (Phi) is 3.85. The van der Waals surface area contributed by atoms with Crippen LogP contribution >= 0.6 is 11.6 Å². The normalized spacial score (nSPS) is 9.57. The van der Waals surface area contributed by atoms with E-state index in [0.29, 0.717) is 6.42 Å². The Bertz CT molecular complexity index is 363. The first-order chi connectivity index (χ1) is 6.66. The van der Waals surface area contributed by atoms with E-state index in [-0.39, 0.29) is 0 Å². The molecule has 0 heterocycles. The third-order valence-electron chi connectivity index (χ3n) is 2.26. The first-order valence-electron chi connectivity index (χ1n) is 4.60. The smallest absolute Gasteiger partial charge is 0.0640 e. The molecule has 1 nitrogen and oxygen atoms in total. The molecule has 2 heteroatoms. The fraction of sp³-hybridized carbons (Fsp3) is 0.333. The van der Waals surface area contributed by atoms with Crippen LogP contribution < -0.4 is 5.32 Å². The summed E-state index contributed by atoms with van der Waals surface area (Å²) in [6.45, 7) is 4.89. The maximum absolute atomic E-state index is 6.07. The molecule has 0 saturated carbocycles. The summed E-state index contributed by atoms with van der Waals surface area (Å²) in [6, 6.07) is 3.92. The molecule has 1 rings (SSSR count). The SMILES string of the molecule is C#CCCNc1c(Cl)ccc(C)c1C. The number of hydrogen-bond acceptors (Lipinski definition) is 1. The third kappa shape index (κ3) is 2.43. The van der Waals surface area contributed by atoms with Gasteiger partial charge in [0, 0.05) is 13.0 Å². The second-order valence-electron chi connectivity index (χ2n) is 3.25. The van der Waals surface area contributed by atoms with Crippen LogP contribution in [0.2, 0.25) is 5.02 Å². The highest BCUT2D eigenvalue weighted by molar-refractivity contribution is 6.33. The van der Waals surface area contributed by atoms with E-state index in [4.69, 9.17) is 18.0 Å². The lowest BCUT2D eigenvalue weighted by Gasteiger charge is -2.12. The van der Waals surface area contributed by atoms with Crippen molar-refractivity contribution < 1.29 is 0 Å². The Morgan fingerprint density at radius 3 is 2.79 bits per heavy atom. The van der Waals surface area contributed by atoms with Crippen molar-refractivity contribution in [3.05, 3.63) is 28.3 Å². The van der Waals surface area contributed by atoms with Gasteiger partial charge in [-0.25, -0.2) is 0 Å². The molecule has 0 spiro atoms. The number of terminal acetylenes is 1. The van der Waals surface area contributed by atoms with E-state index >= 15 is 0 Å². The summed E-state index contributed by atoms with van der Waals surface area (Å²) in [6.07, 6.45) is 5.89. The predicted octanol–water partition coefficient (Wildman–Crippen LogP) is 3.39. The van der Waals surface area contributed by atoms with Crippen molar-refractivity contribution in [2.24, 2.45) is 0 Å². The fourth-order valence-corrected chi connectivity index (χ4v) is 1.53. The highest BCUT2D eigenvalue weighted by Gasteiger charge is 2.04. The number of anilines is 1. The average Bonchev–Trinajstić information content (AvgIpc) is 2.18. The van der Waals surface area contributed by atoms with Crippen LogP contribution in [0.4, 0.5) is 5.69 Å². The number of hydrogen-bond donors (Lipinski definition) is 1. The Labute approximate surface area is 90.5 Å². The summed E-state index contributed by atoms with van der Waals surface area (Å²) in [5.41, 5.74) is 3.43. The lowest BCUT2D eigenvalue weighted by Crippen LogP contribution is -2.03. The van der Waals surface area contributed by atoms with Crippen molar-refractivity contribution in [3.8, 4) is 12.3 Å². The highest BCUT2D eigenvalue weighted by atomic mass is 35.5. The van der Waals surface area contributed by atoms with Gasteiger partial charge in [-0.1, -0.05) is 17.7 Å². The Balaban J connectivity index is 2.85. The zero-order valence-electron chi connectivity index (χ0n) is 8.52. The molecule has 1 N–H and O–H groups in total. The monoisotopic (exact) mass is 207 g/mol. The number of halogens is 1. The van der Waals surface area contributed by atoms with Gasteiger partial charge in [-0.15, -0.1) is 12.3 Å². The van der Waals surface area contributed by atoms with E-state index in [9.17, 15) is 0 Å². The van der Waals surface area contributed by atoms with Crippen LogP contribution in [0.15, 0.2) is 12.1 Å². The number of nitrogens with one attached hydrogen (secondary N) is 1. The van der Waals surface area contributed by atoms with E-state index in [2.05, 4.69) is 25.1 Å². The van der Waals surface area contributed by atoms with Crippen LogP contribution in [0.25, 0.3) is 0 Å². The molecule has 0 saturated heterocycles. The van der Waals surface area contributed by atoms with E-state index < -0.39 is 0 Å². The van der Waals surface area contributed by atoms with E-state index in [1.165, 1.54) is 11.1 Å². The fourth-order valence-electron chi connectivity index (χ4n) is 1.26. The molecule has 1 aromatic rings. The van der Waals surface area contributed by atoms with Crippen molar-refractivity contribution in [1.82, 2.24) is 0 Å². The van der Waals surface area contributed by atoms with Crippen LogP contribution in [-0.4, -0.2) is 6.54 Å². The van der Waals surface area contributed by atoms with Crippen LogP contribution in [0.1, 0.15) is 17.5 Å². The summed E-state index contributed by atoms with van der Waals surface area (Å²) in [7, 11) is 0. The average molecular weight is 208 g/mol. The minimum Gasteiger partial charge on any atom is -0.383 e. The molecule has 74 valence electrons. The molecule has 1 aromatic carbocycles. The minimum absolute atomic E-state index is 0.712. The zero-order valence-corrected chi connectivity index (χ0v) is 9.28. The third-order valence-corrected chi connectivity index (χ3v) is 2.57. The van der Waals surface area contributed by atoms with Gasteiger partial charge in [-0.3, -0.25) is 0 Å². The quantitative estimate of drug-likeness (QED) is 0.592. The number of rotatable bonds is 3. The topological polar surface area (TPSA) is 12.0 Å². The van der Waals surface area contributed by atoms with Gasteiger partial charge in [0.2, 0.25) is 0 Å². The van der Waals surface area contributed by atoms with Crippen LogP contribution in [0.5, 0.6) is 0 Å². The van der Waals surface area contributed by atoms with Crippen LogP contribution in [-0.2, 0) is 0 Å². The lowest BCUT2D eigenvalue weighted by molar-refractivity contribution is 1.09. The van der Waals surface area contributed by atoms with Gasteiger partial charge >= 0.3 is 0 Å². The summed E-state index contributed by atoms with van der Waals surface area (Å²) in [4.78, 5) is 0. The molecule has 0 fully saturated rings. The summed E-state index contributed by atoms with van der Waals surface area (Å²) in [5.74, 6) is 2.59. The van der Waals surface area contributed by atoms with E-state index in [1.807, 2.05) is 12.1 Å². The molecular formula is C12H14ClN. The van der Waals surface area contributed by atoms with E-state index in [1.54, 1.807) is 0 Å². The van der Waals surface area contributed by atoms with Gasteiger partial charge in [0.15, 0.2) is 0 Å². The first-order valence-corrected chi connectivity index (χ1v) is 4.97. The van der Waals surface area contributed by atoms with Gasteiger partial charge in [0.05, 0.1) is 10.7 Å². The Morgan fingerprint density at radius 1 is 1.43 bits per heavy atom. The predicted molar refractivity (Wildman–Crippen MR) is 62.9 cm³/mol. The number of benzene rings is 1. The standard InChI is InChI=1S/C12H14ClN/c1-4-5-8-14-12-10(3)9(2)6-7-11(12)13/h1,6-7,14H,5,8H2,2-3H3. The van der Waals surface area contributed by atoms with Crippen molar-refractivity contribution in [2.45, 2.75) is 20.3 Å². The maximum Gasteiger partial charge on any atom is 0.0640 e. The van der Waals surface area contributed by atoms with Gasteiger partial charge in [0.25, 0.3) is 0 Å². The summed E-state index contributed by atoms with van der Waals surface area (Å²) >= 11 is 6.07. The maximum atomic E-state index is 6.07. The van der Waals surface area contributed by atoms with Crippen molar-refractivity contribution in [1.29, 1.82) is 0 Å². The molecule has 14 heavy (non-hydrogen) atoms. The minimum atomic E-state index is 0.712. The molecule has 0 aromatic heterocycles. The second kappa shape index (κ2) is 4.93. The highest BCUT2D eigenvalue weighted by Crippen LogP contribution is 2.27. The molecule has 0 bridgehead atoms. The zero-order chi connectivity index (χ0) is 10.6. The first kappa shape index (κ1) is 10.9. The Morgan fingerprint density at radius 2 is 2.14 bits per heavy atom. The van der Waals surface area contributed by atoms with Crippen molar-refractivity contribution in [3.63, 3.8) is 0 Å². The van der Waals surface area contributed by atoms with Gasteiger partial charge in [-0.05, 0) is 31.0 Å². The van der Waals surface area contributed by atoms with Crippen molar-refractivity contribution in [2.75, 3.05) is 11.9 Å². The summed E-state index contributed by atoms with van der Waals surface area (Å²) in [5, 5.41) is 4.00. The largest absolute Gasteiger partial charge is 0.383 e. The second-order valence-corrected chi connectivity index (χ2v) is 3.65. The van der Waals surface area contributed by atoms with E-state index in [0.717, 1.165) is 17.3 Å². The molecule has 0 aliphatic carbocycles. The molecule has 0 radical (unpaired) electrons. The number of aryl methyl sites for hydroxylation is 1. The molecule has 0 unspecified atom stereocenters. The molecule has 0 aliphatic rings. The molecular weight excluding hydrogens is 194 g/mol. The van der Waals surface area contributed by atoms with Crippen LogP contribution in [0.3, 0.4) is 0 Å².